The van der Waals surface area contributed by atoms with E-state index in [1.807, 2.05) is 30.3 Å². The lowest BCUT2D eigenvalue weighted by Gasteiger charge is -2.22. The average molecular weight is 415 g/mol. The van der Waals surface area contributed by atoms with Gasteiger partial charge < -0.3 is 15.3 Å². The molecule has 0 bridgehead atoms. The van der Waals surface area contributed by atoms with Crippen molar-refractivity contribution in [2.45, 2.75) is 95.7 Å². The highest BCUT2D eigenvalue weighted by atomic mass is 16.4. The SMILES string of the molecule is CCCC#CC(O)CC[C@H]1CC[C@H](O)[C@@H]1CCCCCC(C(=O)O)c1ccccc1. The van der Waals surface area contributed by atoms with Gasteiger partial charge in [0.2, 0.25) is 0 Å². The first-order valence-electron chi connectivity index (χ1n) is 11.6. The average Bonchev–Trinajstić information content (AvgIpc) is 3.09. The number of aliphatic hydroxyl groups excluding tert-OH is 2. The number of carbonyl (C=O) groups is 1. The van der Waals surface area contributed by atoms with Gasteiger partial charge in [0.1, 0.15) is 6.10 Å². The molecular weight excluding hydrogens is 376 g/mol. The van der Waals surface area contributed by atoms with Crippen LogP contribution in [0.3, 0.4) is 0 Å². The molecule has 3 N–H and O–H groups in total. The predicted octanol–water partition coefficient (Wildman–Crippen LogP) is 5.14. The van der Waals surface area contributed by atoms with E-state index in [1.165, 1.54) is 0 Å². The van der Waals surface area contributed by atoms with Crippen molar-refractivity contribution in [2.24, 2.45) is 11.8 Å². The summed E-state index contributed by atoms with van der Waals surface area (Å²) in [4.78, 5) is 11.6. The van der Waals surface area contributed by atoms with Crippen molar-refractivity contribution in [1.82, 2.24) is 0 Å². The van der Waals surface area contributed by atoms with Gasteiger partial charge >= 0.3 is 5.97 Å². The Kier molecular flexibility index (Phi) is 11.0. The van der Waals surface area contributed by atoms with Crippen molar-refractivity contribution in [2.75, 3.05) is 0 Å². The molecule has 4 nitrogen and oxygen atoms in total. The quantitative estimate of drug-likeness (QED) is 0.327. The third-order valence-electron chi connectivity index (χ3n) is 6.42. The molecule has 5 atom stereocenters. The Morgan fingerprint density at radius 2 is 1.87 bits per heavy atom. The van der Waals surface area contributed by atoms with Crippen molar-refractivity contribution in [3.05, 3.63) is 35.9 Å². The zero-order valence-corrected chi connectivity index (χ0v) is 18.3. The molecule has 0 spiro atoms. The van der Waals surface area contributed by atoms with Crippen LogP contribution in [-0.4, -0.2) is 33.5 Å². The maximum absolute atomic E-state index is 11.6. The predicted molar refractivity (Wildman–Crippen MR) is 120 cm³/mol. The maximum atomic E-state index is 11.6. The fourth-order valence-electron chi connectivity index (χ4n) is 4.70. The molecule has 0 saturated heterocycles. The van der Waals surface area contributed by atoms with Crippen LogP contribution in [0.1, 0.15) is 89.0 Å². The fraction of sp³-hybridized carbons (Fsp3) is 0.654. The summed E-state index contributed by atoms with van der Waals surface area (Å²) >= 11 is 0. The second kappa shape index (κ2) is 13.5. The van der Waals surface area contributed by atoms with Crippen molar-refractivity contribution < 1.29 is 20.1 Å². The Bertz CT molecular complexity index is 675. The summed E-state index contributed by atoms with van der Waals surface area (Å²) in [5, 5.41) is 30.0. The second-order valence-corrected chi connectivity index (χ2v) is 8.67. The van der Waals surface area contributed by atoms with E-state index in [1.54, 1.807) is 0 Å². The minimum Gasteiger partial charge on any atom is -0.481 e. The summed E-state index contributed by atoms with van der Waals surface area (Å²) in [6, 6.07) is 9.46. The zero-order valence-electron chi connectivity index (χ0n) is 18.3. The van der Waals surface area contributed by atoms with E-state index in [2.05, 4.69) is 18.8 Å². The third kappa shape index (κ3) is 8.13. The highest BCUT2D eigenvalue weighted by molar-refractivity contribution is 5.75. The van der Waals surface area contributed by atoms with Crippen LogP contribution in [0.25, 0.3) is 0 Å². The lowest BCUT2D eigenvalue weighted by atomic mass is 9.85. The molecule has 1 saturated carbocycles. The first kappa shape index (κ1) is 24.4. The van der Waals surface area contributed by atoms with Gasteiger partial charge in [-0.1, -0.05) is 62.4 Å². The Hall–Kier alpha value is -1.83. The Morgan fingerprint density at radius 3 is 2.57 bits per heavy atom. The highest BCUT2D eigenvalue weighted by Gasteiger charge is 2.34. The molecule has 1 aliphatic carbocycles. The normalized spacial score (nSPS) is 22.8. The zero-order chi connectivity index (χ0) is 21.8. The van der Waals surface area contributed by atoms with Gasteiger partial charge in [-0.05, 0) is 62.3 Å². The Labute approximate surface area is 181 Å². The van der Waals surface area contributed by atoms with Crippen molar-refractivity contribution in [3.63, 3.8) is 0 Å². The van der Waals surface area contributed by atoms with Gasteiger partial charge in [-0.25, -0.2) is 0 Å². The summed E-state index contributed by atoms with van der Waals surface area (Å²) in [6.45, 7) is 2.08. The smallest absolute Gasteiger partial charge is 0.310 e. The lowest BCUT2D eigenvalue weighted by Crippen LogP contribution is -2.20. The van der Waals surface area contributed by atoms with Crippen LogP contribution in [0.4, 0.5) is 0 Å². The van der Waals surface area contributed by atoms with E-state index in [4.69, 9.17) is 0 Å². The number of aliphatic carboxylic acids is 1. The monoisotopic (exact) mass is 414 g/mol. The second-order valence-electron chi connectivity index (χ2n) is 8.67. The topological polar surface area (TPSA) is 77.8 Å². The molecule has 1 aromatic rings. The molecule has 0 heterocycles. The molecule has 0 aromatic heterocycles. The maximum Gasteiger partial charge on any atom is 0.310 e. The van der Waals surface area contributed by atoms with E-state index >= 15 is 0 Å². The van der Waals surface area contributed by atoms with E-state index < -0.39 is 18.0 Å². The summed E-state index contributed by atoms with van der Waals surface area (Å²) in [5.41, 5.74) is 0.872. The van der Waals surface area contributed by atoms with E-state index in [0.717, 1.165) is 63.4 Å². The summed E-state index contributed by atoms with van der Waals surface area (Å²) in [5.74, 6) is 5.50. The van der Waals surface area contributed by atoms with E-state index in [9.17, 15) is 20.1 Å². The number of hydrogen-bond donors (Lipinski definition) is 3. The number of carboxylic acids is 1. The minimum atomic E-state index is -0.756. The molecule has 4 heteroatoms. The van der Waals surface area contributed by atoms with Gasteiger partial charge in [0, 0.05) is 6.42 Å². The number of unbranched alkanes of at least 4 members (excludes halogenated alkanes) is 3. The number of hydrogen-bond acceptors (Lipinski definition) is 3. The summed E-state index contributed by atoms with van der Waals surface area (Å²) in [7, 11) is 0. The van der Waals surface area contributed by atoms with Crippen LogP contribution in [0.5, 0.6) is 0 Å². The van der Waals surface area contributed by atoms with Crippen molar-refractivity contribution in [3.8, 4) is 11.8 Å². The molecule has 2 rings (SSSR count). The number of carboxylic acid groups (broad SMARTS) is 1. The molecule has 2 unspecified atom stereocenters. The Balaban J connectivity index is 1.72. The third-order valence-corrected chi connectivity index (χ3v) is 6.42. The van der Waals surface area contributed by atoms with Crippen LogP contribution >= 0.6 is 0 Å². The van der Waals surface area contributed by atoms with Gasteiger partial charge in [-0.3, -0.25) is 4.79 Å². The van der Waals surface area contributed by atoms with Crippen LogP contribution in [0.15, 0.2) is 30.3 Å². The van der Waals surface area contributed by atoms with E-state index in [0.29, 0.717) is 24.7 Å². The van der Waals surface area contributed by atoms with Crippen molar-refractivity contribution >= 4 is 5.97 Å². The molecule has 1 aliphatic rings. The fourth-order valence-corrected chi connectivity index (χ4v) is 4.70. The van der Waals surface area contributed by atoms with Crippen LogP contribution in [0.2, 0.25) is 0 Å². The highest BCUT2D eigenvalue weighted by Crippen LogP contribution is 2.39. The standard InChI is InChI=1S/C26H38O4/c1-2-3-6-13-22(27)18-16-21-17-19-25(28)23(21)14-9-5-10-15-24(26(29)30)20-11-7-4-8-12-20/h4,7-8,11-12,21-25,27-28H,2-3,5,9-10,14-19H2,1H3,(H,29,30)/t21-,22?,23+,24?,25-/m0/s1. The molecule has 1 aromatic carbocycles. The van der Waals surface area contributed by atoms with Gasteiger partial charge in [-0.2, -0.15) is 0 Å². The molecule has 1 fully saturated rings. The molecule has 166 valence electrons. The van der Waals surface area contributed by atoms with E-state index in [-0.39, 0.29) is 6.10 Å². The largest absolute Gasteiger partial charge is 0.481 e. The lowest BCUT2D eigenvalue weighted by molar-refractivity contribution is -0.139. The summed E-state index contributed by atoms with van der Waals surface area (Å²) < 4.78 is 0. The van der Waals surface area contributed by atoms with Gasteiger partial charge in [0.25, 0.3) is 0 Å². The van der Waals surface area contributed by atoms with Gasteiger partial charge in [0.15, 0.2) is 0 Å². The number of benzene rings is 1. The number of aliphatic hydroxyl groups is 2. The van der Waals surface area contributed by atoms with Crippen molar-refractivity contribution in [1.29, 1.82) is 0 Å². The summed E-state index contributed by atoms with van der Waals surface area (Å²) in [6.07, 6.45) is 9.02. The first-order valence-corrected chi connectivity index (χ1v) is 11.6. The van der Waals surface area contributed by atoms with Gasteiger partial charge in [-0.15, -0.1) is 5.92 Å². The molecular formula is C26H38O4. The molecule has 0 aliphatic heterocycles. The van der Waals surface area contributed by atoms with Gasteiger partial charge in [0.05, 0.1) is 12.0 Å². The molecule has 0 radical (unpaired) electrons. The Morgan fingerprint density at radius 1 is 1.10 bits per heavy atom. The molecule has 0 amide bonds. The number of rotatable bonds is 12. The van der Waals surface area contributed by atoms with Crippen LogP contribution in [-0.2, 0) is 4.79 Å². The molecule has 30 heavy (non-hydrogen) atoms. The van der Waals surface area contributed by atoms with Crippen LogP contribution in [0, 0.1) is 23.7 Å². The first-order chi connectivity index (χ1) is 14.5. The van der Waals surface area contributed by atoms with Crippen LogP contribution < -0.4 is 0 Å². The minimum absolute atomic E-state index is 0.241.